The number of aromatic nitrogens is 4. The topological polar surface area (TPSA) is 66.8 Å². The summed E-state index contributed by atoms with van der Waals surface area (Å²) < 4.78 is 2.01. The van der Waals surface area contributed by atoms with E-state index >= 15 is 0 Å². The van der Waals surface area contributed by atoms with Crippen molar-refractivity contribution in [3.05, 3.63) is 57.3 Å². The summed E-state index contributed by atoms with van der Waals surface area (Å²) in [5, 5.41) is 5.15. The zero-order chi connectivity index (χ0) is 20.8. The summed E-state index contributed by atoms with van der Waals surface area (Å²) in [6.07, 6.45) is 6.41. The van der Waals surface area contributed by atoms with E-state index in [1.54, 1.807) is 6.20 Å². The second kappa shape index (κ2) is 7.65. The van der Waals surface area contributed by atoms with Gasteiger partial charge in [-0.1, -0.05) is 38.0 Å². The van der Waals surface area contributed by atoms with Crippen LogP contribution >= 0.6 is 0 Å². The summed E-state index contributed by atoms with van der Waals surface area (Å²) in [7, 11) is 0. The van der Waals surface area contributed by atoms with E-state index < -0.39 is 0 Å². The molecule has 1 saturated heterocycles. The molecule has 0 amide bonds. The Morgan fingerprint density at radius 1 is 1.13 bits per heavy atom. The van der Waals surface area contributed by atoms with Crippen LogP contribution in [0.25, 0.3) is 11.0 Å². The molecule has 6 nitrogen and oxygen atoms in total. The molecule has 3 heterocycles. The van der Waals surface area contributed by atoms with E-state index in [9.17, 15) is 4.79 Å². The molecular formula is C24H31N5O. The number of nitrogens with zero attached hydrogens (tertiary/aromatic N) is 4. The van der Waals surface area contributed by atoms with E-state index in [0.717, 1.165) is 43.9 Å². The molecule has 0 spiro atoms. The van der Waals surface area contributed by atoms with Crippen LogP contribution in [0.4, 0.5) is 0 Å². The van der Waals surface area contributed by atoms with Crippen LogP contribution in [0.1, 0.15) is 67.1 Å². The molecule has 0 bridgehead atoms. The average molecular weight is 406 g/mol. The van der Waals surface area contributed by atoms with Crippen LogP contribution in [0.5, 0.6) is 0 Å². The molecule has 1 aliphatic carbocycles. The Morgan fingerprint density at radius 3 is 2.60 bits per heavy atom. The minimum Gasteiger partial charge on any atom is -0.310 e. The van der Waals surface area contributed by atoms with E-state index in [4.69, 9.17) is 4.98 Å². The number of nitrogens with one attached hydrogen (secondary N) is 1. The van der Waals surface area contributed by atoms with Gasteiger partial charge >= 0.3 is 0 Å². The van der Waals surface area contributed by atoms with Gasteiger partial charge < -0.3 is 4.98 Å². The SMILES string of the molecule is Cc1cccc(C)c1CN1C[C@@H](C)[C@H](c2nc3c(cnn3C3CCCC3)c(=O)[nH]2)C1. The number of hydrogen-bond acceptors (Lipinski definition) is 4. The molecular weight excluding hydrogens is 374 g/mol. The van der Waals surface area contributed by atoms with Gasteiger partial charge in [-0.25, -0.2) is 9.67 Å². The average Bonchev–Trinajstić information content (AvgIpc) is 3.44. The fraction of sp³-hybridized carbons (Fsp3) is 0.542. The summed E-state index contributed by atoms with van der Waals surface area (Å²) in [6, 6.07) is 6.89. The Bertz CT molecular complexity index is 1100. The van der Waals surface area contributed by atoms with Gasteiger partial charge in [0.25, 0.3) is 5.56 Å². The molecule has 30 heavy (non-hydrogen) atoms. The van der Waals surface area contributed by atoms with E-state index in [1.165, 1.54) is 29.5 Å². The van der Waals surface area contributed by atoms with Crippen molar-refractivity contribution in [2.75, 3.05) is 13.1 Å². The van der Waals surface area contributed by atoms with Crippen LogP contribution < -0.4 is 5.56 Å². The summed E-state index contributed by atoms with van der Waals surface area (Å²) in [4.78, 5) is 23.3. The first-order valence-electron chi connectivity index (χ1n) is 11.3. The van der Waals surface area contributed by atoms with Gasteiger partial charge in [-0.05, 0) is 49.3 Å². The van der Waals surface area contributed by atoms with Crippen LogP contribution in [-0.2, 0) is 6.54 Å². The number of likely N-dealkylation sites (tertiary alicyclic amines) is 1. The molecule has 2 fully saturated rings. The van der Waals surface area contributed by atoms with Crippen LogP contribution in [0, 0.1) is 19.8 Å². The molecule has 0 unspecified atom stereocenters. The van der Waals surface area contributed by atoms with Crippen LogP contribution in [0.15, 0.2) is 29.2 Å². The standard InChI is InChI=1S/C24H31N5O/c1-15-7-6-8-16(2)20(15)13-28-12-17(3)21(14-28)22-26-23-19(24(30)27-22)11-25-29(23)18-9-4-5-10-18/h6-8,11,17-18,21H,4-5,9-10,12-14H2,1-3H3,(H,26,27,30)/t17-,21-/m1/s1. The van der Waals surface area contributed by atoms with Gasteiger partial charge in [0.15, 0.2) is 5.65 Å². The van der Waals surface area contributed by atoms with Gasteiger partial charge in [0.1, 0.15) is 11.2 Å². The van der Waals surface area contributed by atoms with Gasteiger partial charge in [-0.2, -0.15) is 5.10 Å². The van der Waals surface area contributed by atoms with Gasteiger partial charge in [-0.15, -0.1) is 0 Å². The molecule has 1 aliphatic heterocycles. The third kappa shape index (κ3) is 3.37. The minimum atomic E-state index is -0.0559. The van der Waals surface area contributed by atoms with Crippen molar-refractivity contribution in [1.29, 1.82) is 0 Å². The van der Waals surface area contributed by atoms with Crippen LogP contribution in [-0.4, -0.2) is 37.7 Å². The highest BCUT2D eigenvalue weighted by Gasteiger charge is 2.33. The lowest BCUT2D eigenvalue weighted by atomic mass is 9.97. The van der Waals surface area contributed by atoms with Crippen molar-refractivity contribution in [3.63, 3.8) is 0 Å². The first-order chi connectivity index (χ1) is 14.5. The predicted octanol–water partition coefficient (Wildman–Crippen LogP) is 4.09. The van der Waals surface area contributed by atoms with Crippen molar-refractivity contribution in [3.8, 4) is 0 Å². The molecule has 2 aliphatic rings. The summed E-state index contributed by atoms with van der Waals surface area (Å²) in [5.41, 5.74) is 4.82. The number of hydrogen-bond donors (Lipinski definition) is 1. The molecule has 158 valence electrons. The molecule has 1 N–H and O–H groups in total. The number of aryl methyl sites for hydroxylation is 2. The zero-order valence-electron chi connectivity index (χ0n) is 18.2. The van der Waals surface area contributed by atoms with Crippen molar-refractivity contribution in [2.45, 2.75) is 65.0 Å². The minimum absolute atomic E-state index is 0.0559. The number of H-pyrrole nitrogens is 1. The van der Waals surface area contributed by atoms with Crippen molar-refractivity contribution in [1.82, 2.24) is 24.6 Å². The number of rotatable bonds is 4. The maximum Gasteiger partial charge on any atom is 0.262 e. The normalized spacial score (nSPS) is 23.0. The van der Waals surface area contributed by atoms with E-state index in [0.29, 0.717) is 17.3 Å². The van der Waals surface area contributed by atoms with Gasteiger partial charge in [-0.3, -0.25) is 9.69 Å². The van der Waals surface area contributed by atoms with E-state index in [1.807, 2.05) is 4.68 Å². The van der Waals surface area contributed by atoms with Gasteiger partial charge in [0.05, 0.1) is 12.2 Å². The zero-order valence-corrected chi connectivity index (χ0v) is 18.2. The molecule has 0 radical (unpaired) electrons. The first kappa shape index (κ1) is 19.5. The highest BCUT2D eigenvalue weighted by Crippen LogP contribution is 2.34. The Hall–Kier alpha value is -2.47. The van der Waals surface area contributed by atoms with E-state index in [-0.39, 0.29) is 11.5 Å². The molecule has 5 rings (SSSR count). The quantitative estimate of drug-likeness (QED) is 0.710. The van der Waals surface area contributed by atoms with Crippen molar-refractivity contribution >= 4 is 11.0 Å². The first-order valence-corrected chi connectivity index (χ1v) is 11.3. The number of benzene rings is 1. The lowest BCUT2D eigenvalue weighted by Gasteiger charge is -2.19. The summed E-state index contributed by atoms with van der Waals surface area (Å²) in [6.45, 7) is 9.54. The largest absolute Gasteiger partial charge is 0.310 e. The van der Waals surface area contributed by atoms with Crippen LogP contribution in [0.2, 0.25) is 0 Å². The fourth-order valence-corrected chi connectivity index (χ4v) is 5.42. The monoisotopic (exact) mass is 405 g/mol. The predicted molar refractivity (Wildman–Crippen MR) is 119 cm³/mol. The second-order valence-electron chi connectivity index (χ2n) is 9.36. The smallest absolute Gasteiger partial charge is 0.262 e. The molecule has 3 aromatic rings. The Balaban J connectivity index is 1.43. The molecule has 2 atom stereocenters. The van der Waals surface area contributed by atoms with E-state index in [2.05, 4.69) is 54.0 Å². The molecule has 1 saturated carbocycles. The summed E-state index contributed by atoms with van der Waals surface area (Å²) in [5.74, 6) is 1.50. The molecule has 6 heteroatoms. The second-order valence-corrected chi connectivity index (χ2v) is 9.36. The number of aromatic amines is 1. The Morgan fingerprint density at radius 2 is 1.87 bits per heavy atom. The molecule has 1 aromatic carbocycles. The lowest BCUT2D eigenvalue weighted by molar-refractivity contribution is 0.317. The molecule has 2 aromatic heterocycles. The highest BCUT2D eigenvalue weighted by atomic mass is 16.1. The fourth-order valence-electron chi connectivity index (χ4n) is 5.42. The van der Waals surface area contributed by atoms with Gasteiger partial charge in [0.2, 0.25) is 0 Å². The van der Waals surface area contributed by atoms with Crippen molar-refractivity contribution in [2.24, 2.45) is 5.92 Å². The Kier molecular flexibility index (Phi) is 4.97. The summed E-state index contributed by atoms with van der Waals surface area (Å²) >= 11 is 0. The third-order valence-electron chi connectivity index (χ3n) is 7.22. The lowest BCUT2D eigenvalue weighted by Crippen LogP contribution is -2.22. The highest BCUT2D eigenvalue weighted by molar-refractivity contribution is 5.73. The maximum atomic E-state index is 12.8. The number of fused-ring (bicyclic) bond motifs is 1. The van der Waals surface area contributed by atoms with Gasteiger partial charge in [0, 0.05) is 25.6 Å². The Labute approximate surface area is 177 Å². The maximum absolute atomic E-state index is 12.8. The van der Waals surface area contributed by atoms with Crippen molar-refractivity contribution < 1.29 is 0 Å². The third-order valence-corrected chi connectivity index (χ3v) is 7.22. The van der Waals surface area contributed by atoms with Crippen LogP contribution in [0.3, 0.4) is 0 Å².